The number of fused-ring (bicyclic) bond motifs is 2. The van der Waals surface area contributed by atoms with Gasteiger partial charge in [-0.2, -0.15) is 0 Å². The van der Waals surface area contributed by atoms with Gasteiger partial charge in [-0.25, -0.2) is 0 Å². The predicted molar refractivity (Wildman–Crippen MR) is 73.6 cm³/mol. The number of carbonyl (C=O) groups is 1. The monoisotopic (exact) mass is 259 g/mol. The highest BCUT2D eigenvalue weighted by Gasteiger charge is 2.40. The Hall–Kier alpha value is -1.35. The Morgan fingerprint density at radius 2 is 2.05 bits per heavy atom. The molecule has 3 nitrogen and oxygen atoms in total. The SMILES string of the molecule is CO[C@H](C(=O)N[C@H]1C[C@H]2CC[C@H]1C2)c1ccccc1. The number of rotatable bonds is 4. The molecule has 0 aromatic heterocycles. The fraction of sp³-hybridized carbons (Fsp3) is 0.562. The summed E-state index contributed by atoms with van der Waals surface area (Å²) in [4.78, 5) is 12.4. The largest absolute Gasteiger partial charge is 0.367 e. The first-order chi connectivity index (χ1) is 9.28. The van der Waals surface area contributed by atoms with E-state index in [1.54, 1.807) is 7.11 Å². The molecule has 1 aromatic carbocycles. The zero-order chi connectivity index (χ0) is 13.2. The maximum absolute atomic E-state index is 12.4. The first kappa shape index (κ1) is 12.7. The van der Waals surface area contributed by atoms with E-state index in [2.05, 4.69) is 5.32 Å². The van der Waals surface area contributed by atoms with Crippen molar-refractivity contribution in [3.63, 3.8) is 0 Å². The molecule has 0 unspecified atom stereocenters. The molecule has 1 N–H and O–H groups in total. The summed E-state index contributed by atoms with van der Waals surface area (Å²) >= 11 is 0. The average molecular weight is 259 g/mol. The van der Waals surface area contributed by atoms with Gasteiger partial charge in [0, 0.05) is 13.2 Å². The highest BCUT2D eigenvalue weighted by atomic mass is 16.5. The van der Waals surface area contributed by atoms with Crippen LogP contribution in [0.3, 0.4) is 0 Å². The number of methoxy groups -OCH3 is 1. The first-order valence-electron chi connectivity index (χ1n) is 7.16. The molecule has 0 heterocycles. The van der Waals surface area contributed by atoms with Gasteiger partial charge in [-0.1, -0.05) is 36.8 Å². The zero-order valence-corrected chi connectivity index (χ0v) is 11.3. The van der Waals surface area contributed by atoms with Crippen molar-refractivity contribution in [1.29, 1.82) is 0 Å². The molecule has 2 fully saturated rings. The molecule has 2 aliphatic rings. The summed E-state index contributed by atoms with van der Waals surface area (Å²) in [6.45, 7) is 0. The lowest BCUT2D eigenvalue weighted by atomic mass is 9.95. The topological polar surface area (TPSA) is 38.3 Å². The minimum atomic E-state index is -0.486. The number of ether oxygens (including phenoxy) is 1. The molecule has 4 atom stereocenters. The van der Waals surface area contributed by atoms with E-state index in [0.29, 0.717) is 12.0 Å². The van der Waals surface area contributed by atoms with Crippen molar-refractivity contribution >= 4 is 5.91 Å². The highest BCUT2D eigenvalue weighted by Crippen LogP contribution is 2.44. The molecular weight excluding hydrogens is 238 g/mol. The van der Waals surface area contributed by atoms with Crippen LogP contribution in [0.5, 0.6) is 0 Å². The normalized spacial score (nSPS) is 30.3. The van der Waals surface area contributed by atoms with Crippen molar-refractivity contribution in [2.24, 2.45) is 11.8 Å². The Morgan fingerprint density at radius 3 is 2.63 bits per heavy atom. The van der Waals surface area contributed by atoms with Crippen molar-refractivity contribution in [3.05, 3.63) is 35.9 Å². The van der Waals surface area contributed by atoms with Crippen molar-refractivity contribution in [2.45, 2.75) is 37.8 Å². The van der Waals surface area contributed by atoms with Gasteiger partial charge in [-0.15, -0.1) is 0 Å². The Labute approximate surface area is 114 Å². The molecule has 2 saturated carbocycles. The summed E-state index contributed by atoms with van der Waals surface area (Å²) in [5.74, 6) is 1.54. The van der Waals surface area contributed by atoms with Gasteiger partial charge in [-0.3, -0.25) is 4.79 Å². The van der Waals surface area contributed by atoms with Crippen LogP contribution in [0.2, 0.25) is 0 Å². The predicted octanol–water partition coefficient (Wildman–Crippen LogP) is 2.68. The van der Waals surface area contributed by atoms with Crippen LogP contribution >= 0.6 is 0 Å². The van der Waals surface area contributed by atoms with Crippen molar-refractivity contribution in [2.75, 3.05) is 7.11 Å². The minimum Gasteiger partial charge on any atom is -0.367 e. The van der Waals surface area contributed by atoms with Gasteiger partial charge >= 0.3 is 0 Å². The van der Waals surface area contributed by atoms with Gasteiger partial charge in [-0.05, 0) is 36.7 Å². The molecule has 3 rings (SSSR count). The number of hydrogen-bond donors (Lipinski definition) is 1. The smallest absolute Gasteiger partial charge is 0.253 e. The second-order valence-corrected chi connectivity index (χ2v) is 5.82. The van der Waals surface area contributed by atoms with Crippen LogP contribution in [-0.4, -0.2) is 19.1 Å². The van der Waals surface area contributed by atoms with Crippen LogP contribution in [0.4, 0.5) is 0 Å². The van der Waals surface area contributed by atoms with E-state index in [-0.39, 0.29) is 5.91 Å². The second-order valence-electron chi connectivity index (χ2n) is 5.82. The molecule has 0 spiro atoms. The van der Waals surface area contributed by atoms with Gasteiger partial charge in [0.1, 0.15) is 0 Å². The van der Waals surface area contributed by atoms with Crippen molar-refractivity contribution < 1.29 is 9.53 Å². The molecule has 19 heavy (non-hydrogen) atoms. The number of amides is 1. The van der Waals surface area contributed by atoms with E-state index in [9.17, 15) is 4.79 Å². The number of carbonyl (C=O) groups excluding carboxylic acids is 1. The third kappa shape index (κ3) is 2.52. The first-order valence-corrected chi connectivity index (χ1v) is 7.16. The van der Waals surface area contributed by atoms with E-state index in [0.717, 1.165) is 17.9 Å². The van der Waals surface area contributed by atoms with Gasteiger partial charge in [0.15, 0.2) is 6.10 Å². The van der Waals surface area contributed by atoms with Gasteiger partial charge in [0.2, 0.25) is 0 Å². The molecule has 0 aliphatic heterocycles. The third-order valence-electron chi connectivity index (χ3n) is 4.64. The summed E-state index contributed by atoms with van der Waals surface area (Å²) in [5, 5.41) is 3.20. The number of hydrogen-bond acceptors (Lipinski definition) is 2. The summed E-state index contributed by atoms with van der Waals surface area (Å²) in [7, 11) is 1.60. The minimum absolute atomic E-state index is 0.00579. The summed E-state index contributed by atoms with van der Waals surface area (Å²) in [6.07, 6.45) is 4.60. The average Bonchev–Trinajstić information content (AvgIpc) is 3.03. The standard InChI is InChI=1S/C16H21NO2/c1-19-15(12-5-3-2-4-6-12)16(18)17-14-10-11-7-8-13(14)9-11/h2-6,11,13-15H,7-10H2,1H3,(H,17,18)/t11-,13-,14-,15-/m0/s1. The Kier molecular flexibility index (Phi) is 3.56. The van der Waals surface area contributed by atoms with Crippen LogP contribution in [0, 0.1) is 11.8 Å². The number of benzene rings is 1. The quantitative estimate of drug-likeness (QED) is 0.902. The fourth-order valence-electron chi connectivity index (χ4n) is 3.70. The maximum Gasteiger partial charge on any atom is 0.253 e. The van der Waals surface area contributed by atoms with E-state index in [1.807, 2.05) is 30.3 Å². The lowest BCUT2D eigenvalue weighted by Gasteiger charge is -2.25. The molecule has 1 aromatic rings. The van der Waals surface area contributed by atoms with Crippen LogP contribution in [0.15, 0.2) is 30.3 Å². The van der Waals surface area contributed by atoms with Gasteiger partial charge in [0.25, 0.3) is 5.91 Å². The molecule has 2 aliphatic carbocycles. The molecule has 3 heteroatoms. The summed E-state index contributed by atoms with van der Waals surface area (Å²) in [6, 6.07) is 10.1. The van der Waals surface area contributed by atoms with Gasteiger partial charge in [0.05, 0.1) is 0 Å². The molecule has 1 amide bonds. The number of nitrogens with one attached hydrogen (secondary N) is 1. The van der Waals surface area contributed by atoms with E-state index < -0.39 is 6.10 Å². The van der Waals surface area contributed by atoms with Crippen molar-refractivity contribution in [3.8, 4) is 0 Å². The fourth-order valence-corrected chi connectivity index (χ4v) is 3.70. The molecular formula is C16H21NO2. The molecule has 2 bridgehead atoms. The Bertz CT molecular complexity index is 445. The zero-order valence-electron chi connectivity index (χ0n) is 11.3. The lowest BCUT2D eigenvalue weighted by molar-refractivity contribution is -0.132. The van der Waals surface area contributed by atoms with Gasteiger partial charge < -0.3 is 10.1 Å². The second kappa shape index (κ2) is 5.33. The Balaban J connectivity index is 1.65. The third-order valence-corrected chi connectivity index (χ3v) is 4.64. The summed E-state index contributed by atoms with van der Waals surface area (Å²) in [5.41, 5.74) is 0.922. The summed E-state index contributed by atoms with van der Waals surface area (Å²) < 4.78 is 5.38. The molecule has 102 valence electrons. The van der Waals surface area contributed by atoms with E-state index in [4.69, 9.17) is 4.74 Å². The maximum atomic E-state index is 12.4. The van der Waals surface area contributed by atoms with Crippen LogP contribution in [0.25, 0.3) is 0 Å². The van der Waals surface area contributed by atoms with E-state index >= 15 is 0 Å². The van der Waals surface area contributed by atoms with Crippen LogP contribution in [-0.2, 0) is 9.53 Å². The molecule has 0 radical (unpaired) electrons. The lowest BCUT2D eigenvalue weighted by Crippen LogP contribution is -2.41. The van der Waals surface area contributed by atoms with E-state index in [1.165, 1.54) is 19.3 Å². The molecule has 0 saturated heterocycles. The van der Waals surface area contributed by atoms with Crippen LogP contribution < -0.4 is 5.32 Å². The Morgan fingerprint density at radius 1 is 1.26 bits per heavy atom. The van der Waals surface area contributed by atoms with Crippen LogP contribution in [0.1, 0.15) is 37.4 Å². The highest BCUT2D eigenvalue weighted by molar-refractivity contribution is 5.82. The van der Waals surface area contributed by atoms with Crippen molar-refractivity contribution in [1.82, 2.24) is 5.32 Å².